The lowest BCUT2D eigenvalue weighted by Gasteiger charge is -2.10. The first-order valence-corrected chi connectivity index (χ1v) is 3.80. The van der Waals surface area contributed by atoms with Gasteiger partial charge < -0.3 is 5.73 Å². The van der Waals surface area contributed by atoms with Crippen molar-refractivity contribution in [2.24, 2.45) is 17.6 Å². The molecule has 50 valence electrons. The second-order valence-electron chi connectivity index (χ2n) is 3.24. The van der Waals surface area contributed by atoms with Gasteiger partial charge in [0.05, 0.1) is 0 Å². The molecule has 0 aromatic rings. The Morgan fingerprint density at radius 3 is 3.00 bits per heavy atom. The molecular formula is C8H13N. The van der Waals surface area contributed by atoms with Crippen LogP contribution in [0.1, 0.15) is 19.3 Å². The van der Waals surface area contributed by atoms with Gasteiger partial charge in [-0.15, -0.1) is 0 Å². The second-order valence-corrected chi connectivity index (χ2v) is 3.24. The number of hydrogen-bond donors (Lipinski definition) is 1. The number of nitrogens with two attached hydrogens (primary N) is 1. The molecule has 0 aliphatic heterocycles. The average Bonchev–Trinajstić information content (AvgIpc) is 2.35. The SMILES string of the molecule is NC1CCC2CC=CC12. The Bertz CT molecular complexity index is 140. The Labute approximate surface area is 55.9 Å². The molecule has 3 atom stereocenters. The van der Waals surface area contributed by atoms with Gasteiger partial charge in [0.15, 0.2) is 0 Å². The minimum absolute atomic E-state index is 0.480. The second kappa shape index (κ2) is 1.84. The number of allylic oxidation sites excluding steroid dienone is 1. The van der Waals surface area contributed by atoms with Crippen LogP contribution in [0.5, 0.6) is 0 Å². The van der Waals surface area contributed by atoms with Crippen LogP contribution in [0.2, 0.25) is 0 Å². The van der Waals surface area contributed by atoms with Gasteiger partial charge in [0.2, 0.25) is 0 Å². The summed E-state index contributed by atoms with van der Waals surface area (Å²) in [7, 11) is 0. The molecule has 2 aliphatic carbocycles. The normalized spacial score (nSPS) is 47.9. The molecule has 1 heteroatoms. The highest BCUT2D eigenvalue weighted by Gasteiger charge is 2.33. The van der Waals surface area contributed by atoms with Crippen molar-refractivity contribution in [1.82, 2.24) is 0 Å². The van der Waals surface area contributed by atoms with E-state index in [4.69, 9.17) is 5.73 Å². The summed E-state index contributed by atoms with van der Waals surface area (Å²) in [6.07, 6.45) is 8.49. The first kappa shape index (κ1) is 5.48. The van der Waals surface area contributed by atoms with Crippen LogP contribution < -0.4 is 5.73 Å². The highest BCUT2D eigenvalue weighted by atomic mass is 14.7. The highest BCUT2D eigenvalue weighted by Crippen LogP contribution is 2.38. The highest BCUT2D eigenvalue weighted by molar-refractivity contribution is 5.08. The van der Waals surface area contributed by atoms with Crippen LogP contribution in [0.3, 0.4) is 0 Å². The Balaban J connectivity index is 2.15. The van der Waals surface area contributed by atoms with E-state index in [0.29, 0.717) is 6.04 Å². The third-order valence-corrected chi connectivity index (χ3v) is 2.71. The molecule has 2 aliphatic rings. The zero-order valence-corrected chi connectivity index (χ0v) is 5.59. The van der Waals surface area contributed by atoms with Gasteiger partial charge in [-0.25, -0.2) is 0 Å². The van der Waals surface area contributed by atoms with Gasteiger partial charge >= 0.3 is 0 Å². The van der Waals surface area contributed by atoms with E-state index in [1.54, 1.807) is 0 Å². The summed E-state index contributed by atoms with van der Waals surface area (Å²) in [4.78, 5) is 0. The molecule has 2 N–H and O–H groups in total. The molecule has 0 bridgehead atoms. The van der Waals surface area contributed by atoms with Gasteiger partial charge in [0.1, 0.15) is 0 Å². The summed E-state index contributed by atoms with van der Waals surface area (Å²) in [5, 5.41) is 0. The van der Waals surface area contributed by atoms with Crippen molar-refractivity contribution < 1.29 is 0 Å². The van der Waals surface area contributed by atoms with Crippen LogP contribution in [-0.4, -0.2) is 6.04 Å². The van der Waals surface area contributed by atoms with Crippen molar-refractivity contribution in [3.63, 3.8) is 0 Å². The summed E-state index contributed by atoms with van der Waals surface area (Å²) in [5.74, 6) is 1.66. The molecule has 0 radical (unpaired) electrons. The molecule has 0 aromatic heterocycles. The molecule has 0 heterocycles. The first-order chi connectivity index (χ1) is 4.38. The van der Waals surface area contributed by atoms with E-state index < -0.39 is 0 Å². The lowest BCUT2D eigenvalue weighted by Crippen LogP contribution is -2.24. The van der Waals surface area contributed by atoms with Crippen LogP contribution in [0.4, 0.5) is 0 Å². The predicted molar refractivity (Wildman–Crippen MR) is 37.9 cm³/mol. The van der Waals surface area contributed by atoms with Crippen LogP contribution in [0, 0.1) is 11.8 Å². The zero-order valence-electron chi connectivity index (χ0n) is 5.59. The maximum Gasteiger partial charge on any atom is 0.0105 e. The Morgan fingerprint density at radius 1 is 1.33 bits per heavy atom. The van der Waals surface area contributed by atoms with Crippen molar-refractivity contribution in [3.8, 4) is 0 Å². The number of hydrogen-bond acceptors (Lipinski definition) is 1. The van der Waals surface area contributed by atoms with Crippen molar-refractivity contribution in [2.45, 2.75) is 25.3 Å². The molecule has 3 unspecified atom stereocenters. The van der Waals surface area contributed by atoms with E-state index in [-0.39, 0.29) is 0 Å². The maximum atomic E-state index is 5.87. The van der Waals surface area contributed by atoms with Gasteiger partial charge in [-0.1, -0.05) is 12.2 Å². The van der Waals surface area contributed by atoms with E-state index in [2.05, 4.69) is 12.2 Å². The zero-order chi connectivity index (χ0) is 6.27. The van der Waals surface area contributed by atoms with Crippen molar-refractivity contribution in [2.75, 3.05) is 0 Å². The molecule has 0 amide bonds. The standard InChI is InChI=1S/C8H13N/c9-8-5-4-6-2-1-3-7(6)8/h1,3,6-8H,2,4-5,9H2. The summed E-state index contributed by atoms with van der Waals surface area (Å²) < 4.78 is 0. The Morgan fingerprint density at radius 2 is 2.22 bits per heavy atom. The molecule has 2 rings (SSSR count). The molecular weight excluding hydrogens is 110 g/mol. The van der Waals surface area contributed by atoms with Crippen LogP contribution >= 0.6 is 0 Å². The molecule has 1 saturated carbocycles. The molecule has 1 nitrogen and oxygen atoms in total. The van der Waals surface area contributed by atoms with E-state index in [0.717, 1.165) is 11.8 Å². The van der Waals surface area contributed by atoms with E-state index >= 15 is 0 Å². The molecule has 0 saturated heterocycles. The lowest BCUT2D eigenvalue weighted by molar-refractivity contribution is 0.467. The molecule has 9 heavy (non-hydrogen) atoms. The van der Waals surface area contributed by atoms with Crippen LogP contribution in [-0.2, 0) is 0 Å². The fraction of sp³-hybridized carbons (Fsp3) is 0.750. The fourth-order valence-corrected chi connectivity index (χ4v) is 2.13. The minimum atomic E-state index is 0.480. The van der Waals surface area contributed by atoms with Gasteiger partial charge in [0.25, 0.3) is 0 Å². The smallest absolute Gasteiger partial charge is 0.0105 e. The summed E-state index contributed by atoms with van der Waals surface area (Å²) >= 11 is 0. The Hall–Kier alpha value is -0.300. The van der Waals surface area contributed by atoms with E-state index in [1.165, 1.54) is 19.3 Å². The summed E-state index contributed by atoms with van der Waals surface area (Å²) in [6.45, 7) is 0. The topological polar surface area (TPSA) is 26.0 Å². The van der Waals surface area contributed by atoms with E-state index in [1.807, 2.05) is 0 Å². The average molecular weight is 123 g/mol. The lowest BCUT2D eigenvalue weighted by atomic mass is 9.98. The summed E-state index contributed by atoms with van der Waals surface area (Å²) in [5.41, 5.74) is 5.87. The largest absolute Gasteiger partial charge is 0.327 e. The van der Waals surface area contributed by atoms with E-state index in [9.17, 15) is 0 Å². The number of fused-ring (bicyclic) bond motifs is 1. The minimum Gasteiger partial charge on any atom is -0.327 e. The predicted octanol–water partition coefficient (Wildman–Crippen LogP) is 1.30. The fourth-order valence-electron chi connectivity index (χ4n) is 2.13. The Kier molecular flexibility index (Phi) is 1.12. The monoisotopic (exact) mass is 123 g/mol. The van der Waals surface area contributed by atoms with Crippen molar-refractivity contribution in [1.29, 1.82) is 0 Å². The van der Waals surface area contributed by atoms with Crippen molar-refractivity contribution >= 4 is 0 Å². The van der Waals surface area contributed by atoms with Gasteiger partial charge in [0, 0.05) is 6.04 Å². The quantitative estimate of drug-likeness (QED) is 0.483. The van der Waals surface area contributed by atoms with Gasteiger partial charge in [-0.2, -0.15) is 0 Å². The van der Waals surface area contributed by atoms with Gasteiger partial charge in [-0.05, 0) is 31.1 Å². The molecule has 0 aromatic carbocycles. The van der Waals surface area contributed by atoms with Crippen LogP contribution in [0.25, 0.3) is 0 Å². The summed E-state index contributed by atoms with van der Waals surface area (Å²) in [6, 6.07) is 0.480. The number of rotatable bonds is 0. The van der Waals surface area contributed by atoms with Crippen molar-refractivity contribution in [3.05, 3.63) is 12.2 Å². The molecule has 1 fully saturated rings. The van der Waals surface area contributed by atoms with Crippen LogP contribution in [0.15, 0.2) is 12.2 Å². The third-order valence-electron chi connectivity index (χ3n) is 2.71. The van der Waals surface area contributed by atoms with Gasteiger partial charge in [-0.3, -0.25) is 0 Å². The maximum absolute atomic E-state index is 5.87. The third kappa shape index (κ3) is 0.715. The first-order valence-electron chi connectivity index (χ1n) is 3.80. The molecule has 0 spiro atoms.